The largest absolute Gasteiger partial charge is 0.394 e. The lowest BCUT2D eigenvalue weighted by Crippen LogP contribution is -2.16. The summed E-state index contributed by atoms with van der Waals surface area (Å²) in [6.45, 7) is 1.11. The Hall–Kier alpha value is -0.0800. The molecule has 1 aliphatic carbocycles. The van der Waals surface area contributed by atoms with Crippen molar-refractivity contribution in [2.75, 3.05) is 13.2 Å². The molecule has 0 unspecified atom stereocenters. The molecule has 64 valence electrons. The maximum absolute atomic E-state index is 8.88. The fourth-order valence-corrected chi connectivity index (χ4v) is 2.49. The first-order valence-electron chi connectivity index (χ1n) is 4.57. The van der Waals surface area contributed by atoms with E-state index in [1.165, 1.54) is 25.7 Å². The van der Waals surface area contributed by atoms with Crippen molar-refractivity contribution in [2.24, 2.45) is 5.41 Å². The summed E-state index contributed by atoms with van der Waals surface area (Å²) in [6, 6.07) is 0. The van der Waals surface area contributed by atoms with Crippen LogP contribution in [0.5, 0.6) is 0 Å². The second-order valence-electron chi connectivity index (χ2n) is 4.03. The molecule has 1 aliphatic heterocycles. The molecule has 2 rings (SSSR count). The van der Waals surface area contributed by atoms with Crippen molar-refractivity contribution < 1.29 is 9.84 Å². The summed E-state index contributed by atoms with van der Waals surface area (Å²) in [4.78, 5) is 0. The van der Waals surface area contributed by atoms with Crippen molar-refractivity contribution in [1.82, 2.24) is 0 Å². The number of hydrogen-bond acceptors (Lipinski definition) is 2. The van der Waals surface area contributed by atoms with E-state index in [2.05, 4.69) is 0 Å². The van der Waals surface area contributed by atoms with Crippen LogP contribution in [0.1, 0.15) is 32.1 Å². The van der Waals surface area contributed by atoms with E-state index in [9.17, 15) is 0 Å². The van der Waals surface area contributed by atoms with Crippen molar-refractivity contribution in [1.29, 1.82) is 0 Å². The normalized spacial score (nSPS) is 35.2. The van der Waals surface area contributed by atoms with E-state index >= 15 is 0 Å². The molecule has 0 bridgehead atoms. The number of rotatable bonds is 1. The van der Waals surface area contributed by atoms with Crippen LogP contribution in [0.15, 0.2) is 0 Å². The van der Waals surface area contributed by atoms with Crippen LogP contribution in [0.4, 0.5) is 0 Å². The van der Waals surface area contributed by atoms with Gasteiger partial charge in [-0.15, -0.1) is 0 Å². The molecule has 11 heavy (non-hydrogen) atoms. The highest BCUT2D eigenvalue weighted by Crippen LogP contribution is 2.46. The van der Waals surface area contributed by atoms with Gasteiger partial charge < -0.3 is 9.84 Å². The Kier molecular flexibility index (Phi) is 1.90. The van der Waals surface area contributed by atoms with Crippen molar-refractivity contribution >= 4 is 0 Å². The summed E-state index contributed by atoms with van der Waals surface area (Å²) >= 11 is 0. The van der Waals surface area contributed by atoms with Gasteiger partial charge in [-0.2, -0.15) is 0 Å². The maximum Gasteiger partial charge on any atom is 0.0812 e. The van der Waals surface area contributed by atoms with Crippen LogP contribution in [0.2, 0.25) is 0 Å². The molecule has 0 radical (unpaired) electrons. The Morgan fingerprint density at radius 2 is 2.09 bits per heavy atom. The van der Waals surface area contributed by atoms with Crippen molar-refractivity contribution in [2.45, 2.75) is 38.2 Å². The predicted octanol–water partition coefficient (Wildman–Crippen LogP) is 1.33. The van der Waals surface area contributed by atoms with E-state index in [1.807, 2.05) is 0 Å². The zero-order chi connectivity index (χ0) is 7.73. The van der Waals surface area contributed by atoms with Gasteiger partial charge in [0.2, 0.25) is 0 Å². The third kappa shape index (κ3) is 1.30. The van der Waals surface area contributed by atoms with Crippen LogP contribution in [0.25, 0.3) is 0 Å². The highest BCUT2D eigenvalue weighted by atomic mass is 16.5. The molecule has 0 aromatic heterocycles. The van der Waals surface area contributed by atoms with Crippen LogP contribution >= 0.6 is 0 Å². The SMILES string of the molecule is OC[C@@H]1CC2(CCCC2)CO1. The summed E-state index contributed by atoms with van der Waals surface area (Å²) in [5, 5.41) is 8.88. The fourth-order valence-electron chi connectivity index (χ4n) is 2.49. The zero-order valence-corrected chi connectivity index (χ0v) is 6.88. The zero-order valence-electron chi connectivity index (χ0n) is 6.88. The standard InChI is InChI=1S/C9H16O2/c10-6-8-5-9(7-11-8)3-1-2-4-9/h8,10H,1-7H2/t8-/m0/s1. The van der Waals surface area contributed by atoms with Gasteiger partial charge in [0.25, 0.3) is 0 Å². The van der Waals surface area contributed by atoms with Crippen LogP contribution < -0.4 is 0 Å². The predicted molar refractivity (Wildman–Crippen MR) is 42.3 cm³/mol. The van der Waals surface area contributed by atoms with Gasteiger partial charge in [-0.05, 0) is 24.7 Å². The van der Waals surface area contributed by atoms with Crippen LogP contribution in [-0.4, -0.2) is 24.4 Å². The van der Waals surface area contributed by atoms with Crippen molar-refractivity contribution in [3.63, 3.8) is 0 Å². The summed E-state index contributed by atoms with van der Waals surface area (Å²) in [5.41, 5.74) is 0.480. The maximum atomic E-state index is 8.88. The first-order chi connectivity index (χ1) is 5.35. The molecule has 2 fully saturated rings. The van der Waals surface area contributed by atoms with Gasteiger partial charge in [0.15, 0.2) is 0 Å². The quantitative estimate of drug-likeness (QED) is 0.620. The third-order valence-corrected chi connectivity index (χ3v) is 3.15. The van der Waals surface area contributed by atoms with Crippen molar-refractivity contribution in [3.05, 3.63) is 0 Å². The van der Waals surface area contributed by atoms with E-state index in [1.54, 1.807) is 0 Å². The number of ether oxygens (including phenoxy) is 1. The molecule has 2 aliphatic rings. The molecular formula is C9H16O2. The molecule has 2 nitrogen and oxygen atoms in total. The minimum Gasteiger partial charge on any atom is -0.394 e. The van der Waals surface area contributed by atoms with Crippen LogP contribution in [0, 0.1) is 5.41 Å². The average molecular weight is 156 g/mol. The molecule has 0 amide bonds. The highest BCUT2D eigenvalue weighted by molar-refractivity contribution is 4.91. The van der Waals surface area contributed by atoms with E-state index in [0.29, 0.717) is 5.41 Å². The van der Waals surface area contributed by atoms with Crippen LogP contribution in [-0.2, 0) is 4.74 Å². The molecule has 1 heterocycles. The van der Waals surface area contributed by atoms with Gasteiger partial charge in [0.1, 0.15) is 0 Å². The van der Waals surface area contributed by atoms with Gasteiger partial charge in [0, 0.05) is 0 Å². The van der Waals surface area contributed by atoms with E-state index < -0.39 is 0 Å². The Bertz CT molecular complexity index is 138. The van der Waals surface area contributed by atoms with Gasteiger partial charge in [-0.25, -0.2) is 0 Å². The van der Waals surface area contributed by atoms with Gasteiger partial charge in [-0.3, -0.25) is 0 Å². The summed E-state index contributed by atoms with van der Waals surface area (Å²) < 4.78 is 5.49. The Morgan fingerprint density at radius 3 is 2.64 bits per heavy atom. The Morgan fingerprint density at radius 1 is 1.36 bits per heavy atom. The first-order valence-corrected chi connectivity index (χ1v) is 4.57. The summed E-state index contributed by atoms with van der Waals surface area (Å²) in [6.07, 6.45) is 6.62. The lowest BCUT2D eigenvalue weighted by atomic mass is 9.84. The molecule has 0 aromatic carbocycles. The molecule has 1 saturated heterocycles. The van der Waals surface area contributed by atoms with Gasteiger partial charge >= 0.3 is 0 Å². The highest BCUT2D eigenvalue weighted by Gasteiger charge is 2.41. The van der Waals surface area contributed by atoms with E-state index in [0.717, 1.165) is 13.0 Å². The lowest BCUT2D eigenvalue weighted by molar-refractivity contribution is 0.0530. The average Bonchev–Trinajstić information content (AvgIpc) is 2.62. The van der Waals surface area contributed by atoms with Crippen LogP contribution in [0.3, 0.4) is 0 Å². The molecule has 1 atom stereocenters. The number of aliphatic hydroxyl groups excluding tert-OH is 1. The second kappa shape index (κ2) is 2.76. The minimum atomic E-state index is 0.146. The molecule has 1 saturated carbocycles. The van der Waals surface area contributed by atoms with E-state index in [-0.39, 0.29) is 12.7 Å². The lowest BCUT2D eigenvalue weighted by Gasteiger charge is -2.19. The monoisotopic (exact) mass is 156 g/mol. The molecule has 1 spiro atoms. The minimum absolute atomic E-state index is 0.146. The Balaban J connectivity index is 1.96. The van der Waals surface area contributed by atoms with Crippen molar-refractivity contribution in [3.8, 4) is 0 Å². The number of hydrogen-bond donors (Lipinski definition) is 1. The second-order valence-corrected chi connectivity index (χ2v) is 4.03. The third-order valence-electron chi connectivity index (χ3n) is 3.15. The van der Waals surface area contributed by atoms with E-state index in [4.69, 9.17) is 9.84 Å². The molecule has 0 aromatic rings. The topological polar surface area (TPSA) is 29.5 Å². The first kappa shape index (κ1) is 7.56. The molecule has 1 N–H and O–H groups in total. The number of aliphatic hydroxyl groups is 1. The molecule has 2 heteroatoms. The summed E-state index contributed by atoms with van der Waals surface area (Å²) in [5.74, 6) is 0. The Labute approximate surface area is 67.6 Å². The molecular weight excluding hydrogens is 140 g/mol. The van der Waals surface area contributed by atoms with Gasteiger partial charge in [0.05, 0.1) is 19.3 Å². The summed E-state index contributed by atoms with van der Waals surface area (Å²) in [7, 11) is 0. The van der Waals surface area contributed by atoms with Gasteiger partial charge in [-0.1, -0.05) is 12.8 Å². The fraction of sp³-hybridized carbons (Fsp3) is 1.00. The smallest absolute Gasteiger partial charge is 0.0812 e.